The molecule has 2 aliphatic rings. The molecule has 1 aliphatic heterocycles. The van der Waals surface area contributed by atoms with Gasteiger partial charge in [0.1, 0.15) is 18.1 Å². The quantitative estimate of drug-likeness (QED) is 0.510. The molecule has 0 bridgehead atoms. The van der Waals surface area contributed by atoms with Crippen LogP contribution in [-0.2, 0) is 4.79 Å². The molecule has 2 aromatic rings. The van der Waals surface area contributed by atoms with Crippen LogP contribution < -0.4 is 19.7 Å². The number of nitrogens with zero attached hydrogens (tertiary/aromatic N) is 2. The van der Waals surface area contributed by atoms with Gasteiger partial charge in [-0.1, -0.05) is 12.1 Å². The van der Waals surface area contributed by atoms with Gasteiger partial charge >= 0.3 is 0 Å². The van der Waals surface area contributed by atoms with Crippen molar-refractivity contribution in [2.45, 2.75) is 38.2 Å². The second kappa shape index (κ2) is 9.19. The largest absolute Gasteiger partial charge is 0.492 e. The molecular formula is C24H27N3O3. The molecule has 0 spiro atoms. The van der Waals surface area contributed by atoms with Crippen LogP contribution in [0.4, 0.5) is 5.69 Å². The molecule has 1 aliphatic carbocycles. The van der Waals surface area contributed by atoms with Crippen LogP contribution in [0.15, 0.2) is 42.5 Å². The number of ether oxygens (including phenoxy) is 2. The fourth-order valence-corrected chi connectivity index (χ4v) is 3.76. The number of anilines is 1. The number of carbonyl (C=O) groups is 1. The second-order valence-corrected chi connectivity index (χ2v) is 7.86. The van der Waals surface area contributed by atoms with Gasteiger partial charge in [-0.15, -0.1) is 0 Å². The van der Waals surface area contributed by atoms with Crippen LogP contribution in [0.25, 0.3) is 0 Å². The molecule has 0 aromatic heterocycles. The molecule has 1 saturated carbocycles. The Balaban J connectivity index is 1.33. The van der Waals surface area contributed by atoms with Crippen LogP contribution in [-0.4, -0.2) is 38.3 Å². The van der Waals surface area contributed by atoms with E-state index >= 15 is 0 Å². The van der Waals surface area contributed by atoms with Gasteiger partial charge in [-0.05, 0) is 67.1 Å². The van der Waals surface area contributed by atoms with Gasteiger partial charge < -0.3 is 19.7 Å². The summed E-state index contributed by atoms with van der Waals surface area (Å²) in [5.74, 6) is 2.25. The van der Waals surface area contributed by atoms with Crippen molar-refractivity contribution in [1.82, 2.24) is 5.32 Å². The van der Waals surface area contributed by atoms with Gasteiger partial charge in [0.25, 0.3) is 5.91 Å². The van der Waals surface area contributed by atoms with E-state index in [1.54, 1.807) is 4.90 Å². The number of nitrogens with one attached hydrogen (secondary N) is 1. The predicted molar refractivity (Wildman–Crippen MR) is 115 cm³/mol. The molecule has 156 valence electrons. The SMILES string of the molecule is Cc1cc(N2CC[C@H](Oc3ccc(C4CC4)cc3)C2=O)ccc1OCCNCC#N. The Morgan fingerprint density at radius 2 is 1.97 bits per heavy atom. The molecule has 1 N–H and O–H groups in total. The Bertz CT molecular complexity index is 932. The van der Waals surface area contributed by atoms with E-state index in [2.05, 4.69) is 17.4 Å². The minimum atomic E-state index is -0.445. The standard InChI is InChI=1S/C24H27N3O3/c1-17-16-20(6-9-22(17)29-15-13-26-12-11-25)27-14-10-23(24(27)28)30-21-7-4-19(5-8-21)18-2-3-18/h4-9,16,18,23,26H,2-3,10,12-15H2,1H3/t23-/m0/s1. The summed E-state index contributed by atoms with van der Waals surface area (Å²) >= 11 is 0. The maximum absolute atomic E-state index is 12.9. The maximum atomic E-state index is 12.9. The average molecular weight is 405 g/mol. The van der Waals surface area contributed by atoms with Gasteiger partial charge in [0.15, 0.2) is 6.10 Å². The molecule has 0 unspecified atom stereocenters. The van der Waals surface area contributed by atoms with Gasteiger partial charge in [0, 0.05) is 25.2 Å². The van der Waals surface area contributed by atoms with Crippen molar-refractivity contribution in [2.75, 3.05) is 31.1 Å². The summed E-state index contributed by atoms with van der Waals surface area (Å²) in [4.78, 5) is 14.7. The Hall–Kier alpha value is -3.04. The van der Waals surface area contributed by atoms with Gasteiger partial charge in [-0.25, -0.2) is 0 Å². The van der Waals surface area contributed by atoms with E-state index in [4.69, 9.17) is 14.7 Å². The first kappa shape index (κ1) is 20.2. The van der Waals surface area contributed by atoms with Crippen LogP contribution in [0.2, 0.25) is 0 Å². The molecule has 1 heterocycles. The van der Waals surface area contributed by atoms with E-state index in [0.29, 0.717) is 38.6 Å². The summed E-state index contributed by atoms with van der Waals surface area (Å²) in [6.07, 6.45) is 2.78. The van der Waals surface area contributed by atoms with E-state index in [9.17, 15) is 4.79 Å². The first-order valence-electron chi connectivity index (χ1n) is 10.5. The number of carbonyl (C=O) groups excluding carboxylic acids is 1. The number of nitriles is 1. The van der Waals surface area contributed by atoms with Crippen molar-refractivity contribution in [1.29, 1.82) is 5.26 Å². The highest BCUT2D eigenvalue weighted by atomic mass is 16.5. The maximum Gasteiger partial charge on any atom is 0.268 e. The molecule has 2 aromatic carbocycles. The fraction of sp³-hybridized carbons (Fsp3) is 0.417. The third kappa shape index (κ3) is 4.74. The molecular weight excluding hydrogens is 378 g/mol. The van der Waals surface area contributed by atoms with E-state index in [1.165, 1.54) is 18.4 Å². The number of hydrogen-bond acceptors (Lipinski definition) is 5. The van der Waals surface area contributed by atoms with Crippen LogP contribution >= 0.6 is 0 Å². The van der Waals surface area contributed by atoms with E-state index in [-0.39, 0.29) is 5.91 Å². The van der Waals surface area contributed by atoms with Crippen molar-refractivity contribution in [3.05, 3.63) is 53.6 Å². The minimum absolute atomic E-state index is 0.00459. The lowest BCUT2D eigenvalue weighted by Gasteiger charge is -2.19. The molecule has 1 amide bonds. The number of hydrogen-bond donors (Lipinski definition) is 1. The smallest absolute Gasteiger partial charge is 0.268 e. The van der Waals surface area contributed by atoms with Gasteiger partial charge in [-0.2, -0.15) is 5.26 Å². The Kier molecular flexibility index (Phi) is 6.20. The van der Waals surface area contributed by atoms with E-state index in [1.807, 2.05) is 43.3 Å². The van der Waals surface area contributed by atoms with Gasteiger partial charge in [0.2, 0.25) is 0 Å². The van der Waals surface area contributed by atoms with Crippen LogP contribution in [0, 0.1) is 18.3 Å². The van der Waals surface area contributed by atoms with E-state index in [0.717, 1.165) is 22.7 Å². The first-order valence-corrected chi connectivity index (χ1v) is 10.5. The third-order valence-electron chi connectivity index (χ3n) is 5.57. The first-order chi connectivity index (χ1) is 14.7. The monoisotopic (exact) mass is 405 g/mol. The van der Waals surface area contributed by atoms with Crippen LogP contribution in [0.3, 0.4) is 0 Å². The Morgan fingerprint density at radius 1 is 1.17 bits per heavy atom. The van der Waals surface area contributed by atoms with Crippen molar-refractivity contribution in [3.8, 4) is 17.6 Å². The third-order valence-corrected chi connectivity index (χ3v) is 5.57. The number of rotatable bonds is 9. The average Bonchev–Trinajstić information content (AvgIpc) is 3.54. The highest BCUT2D eigenvalue weighted by Gasteiger charge is 2.34. The second-order valence-electron chi connectivity index (χ2n) is 7.86. The lowest BCUT2D eigenvalue weighted by Crippen LogP contribution is -2.32. The van der Waals surface area contributed by atoms with E-state index < -0.39 is 6.10 Å². The summed E-state index contributed by atoms with van der Waals surface area (Å²) in [5.41, 5.74) is 3.20. The molecule has 1 saturated heterocycles. The van der Waals surface area contributed by atoms with Gasteiger partial charge in [0.05, 0.1) is 12.6 Å². The van der Waals surface area contributed by atoms with Crippen molar-refractivity contribution in [2.24, 2.45) is 0 Å². The summed E-state index contributed by atoms with van der Waals surface area (Å²) in [6.45, 7) is 4.02. The van der Waals surface area contributed by atoms with Crippen molar-refractivity contribution < 1.29 is 14.3 Å². The molecule has 6 nitrogen and oxygen atoms in total. The number of benzene rings is 2. The molecule has 30 heavy (non-hydrogen) atoms. The fourth-order valence-electron chi connectivity index (χ4n) is 3.76. The molecule has 1 atom stereocenters. The van der Waals surface area contributed by atoms with Crippen LogP contribution in [0.1, 0.15) is 36.3 Å². The summed E-state index contributed by atoms with van der Waals surface area (Å²) in [7, 11) is 0. The Morgan fingerprint density at radius 3 is 2.67 bits per heavy atom. The zero-order valence-electron chi connectivity index (χ0n) is 17.3. The number of amides is 1. The van der Waals surface area contributed by atoms with Crippen molar-refractivity contribution in [3.63, 3.8) is 0 Å². The lowest BCUT2D eigenvalue weighted by atomic mass is 10.1. The van der Waals surface area contributed by atoms with Gasteiger partial charge in [-0.3, -0.25) is 4.79 Å². The lowest BCUT2D eigenvalue weighted by molar-refractivity contribution is -0.122. The number of aryl methyl sites for hydroxylation is 1. The molecule has 2 fully saturated rings. The highest BCUT2D eigenvalue weighted by molar-refractivity contribution is 5.99. The normalized spacial score (nSPS) is 18.3. The minimum Gasteiger partial charge on any atom is -0.492 e. The summed E-state index contributed by atoms with van der Waals surface area (Å²) in [6, 6.07) is 16.0. The zero-order valence-corrected chi connectivity index (χ0v) is 17.3. The highest BCUT2D eigenvalue weighted by Crippen LogP contribution is 2.40. The summed E-state index contributed by atoms with van der Waals surface area (Å²) < 4.78 is 11.7. The van der Waals surface area contributed by atoms with Crippen LogP contribution in [0.5, 0.6) is 11.5 Å². The predicted octanol–water partition coefficient (Wildman–Crippen LogP) is 3.55. The topological polar surface area (TPSA) is 74.6 Å². The molecule has 0 radical (unpaired) electrons. The van der Waals surface area contributed by atoms with Crippen molar-refractivity contribution >= 4 is 11.6 Å². The Labute approximate surface area is 177 Å². The zero-order chi connectivity index (χ0) is 20.9. The molecule has 4 rings (SSSR count). The molecule has 6 heteroatoms. The summed E-state index contributed by atoms with van der Waals surface area (Å²) in [5, 5.41) is 11.5.